The van der Waals surface area contributed by atoms with Gasteiger partial charge in [0, 0.05) is 11.7 Å². The summed E-state index contributed by atoms with van der Waals surface area (Å²) in [7, 11) is -3.14. The molecule has 1 aliphatic rings. The third kappa shape index (κ3) is 3.06. The van der Waals surface area contributed by atoms with Gasteiger partial charge in [-0.1, -0.05) is 20.3 Å². The van der Waals surface area contributed by atoms with Crippen LogP contribution in [0.5, 0.6) is 0 Å². The fourth-order valence-corrected chi connectivity index (χ4v) is 3.19. The highest BCUT2D eigenvalue weighted by molar-refractivity contribution is 7.90. The minimum absolute atomic E-state index is 0.0949. The smallest absolute Gasteiger partial charge is 0.158 e. The zero-order valence-corrected chi connectivity index (χ0v) is 11.4. The summed E-state index contributed by atoms with van der Waals surface area (Å²) in [5.74, 6) is -0.190. The van der Waals surface area contributed by atoms with Crippen molar-refractivity contribution in [3.05, 3.63) is 0 Å². The fourth-order valence-electron chi connectivity index (χ4n) is 2.47. The van der Waals surface area contributed by atoms with Crippen molar-refractivity contribution in [1.29, 1.82) is 5.26 Å². The van der Waals surface area contributed by atoms with Gasteiger partial charge in [-0.3, -0.25) is 4.79 Å². The molecule has 0 aromatic carbocycles. The minimum Gasteiger partial charge on any atom is -0.297 e. The number of nitriles is 1. The minimum atomic E-state index is -3.14. The second-order valence-electron chi connectivity index (χ2n) is 5.64. The van der Waals surface area contributed by atoms with Crippen LogP contribution in [0.4, 0.5) is 0 Å². The Balaban J connectivity index is 2.96. The van der Waals surface area contributed by atoms with Gasteiger partial charge in [0.25, 0.3) is 0 Å². The maximum absolute atomic E-state index is 12.3. The van der Waals surface area contributed by atoms with Gasteiger partial charge in [-0.25, -0.2) is 8.42 Å². The third-order valence-corrected chi connectivity index (χ3v) is 4.51. The van der Waals surface area contributed by atoms with E-state index in [1.54, 1.807) is 0 Å². The molecular weight excluding hydrogens is 238 g/mol. The molecule has 17 heavy (non-hydrogen) atoms. The van der Waals surface area contributed by atoms with E-state index in [-0.39, 0.29) is 18.0 Å². The van der Waals surface area contributed by atoms with Gasteiger partial charge in [0.05, 0.1) is 11.8 Å². The van der Waals surface area contributed by atoms with Gasteiger partial charge in [-0.15, -0.1) is 0 Å². The molecule has 0 heterocycles. The van der Waals surface area contributed by atoms with Crippen LogP contribution in [-0.2, 0) is 14.6 Å². The summed E-state index contributed by atoms with van der Waals surface area (Å²) < 4.78 is 22.4. The lowest BCUT2D eigenvalue weighted by Crippen LogP contribution is -2.44. The highest BCUT2D eigenvalue weighted by Gasteiger charge is 2.48. The van der Waals surface area contributed by atoms with E-state index in [2.05, 4.69) is 6.07 Å². The number of carbonyl (C=O) groups excluding carboxylic acids is 1. The van der Waals surface area contributed by atoms with Crippen molar-refractivity contribution in [3.8, 4) is 6.07 Å². The normalized spacial score (nSPS) is 28.7. The maximum atomic E-state index is 12.3. The number of hydrogen-bond donors (Lipinski definition) is 0. The van der Waals surface area contributed by atoms with E-state index < -0.39 is 20.7 Å². The predicted octanol–water partition coefficient (Wildman–Crippen LogP) is 1.71. The molecular formula is C12H19NO3S. The Morgan fingerprint density at radius 3 is 2.41 bits per heavy atom. The zero-order valence-electron chi connectivity index (χ0n) is 10.6. The van der Waals surface area contributed by atoms with Crippen LogP contribution in [0.1, 0.15) is 39.5 Å². The van der Waals surface area contributed by atoms with Crippen LogP contribution in [0.2, 0.25) is 0 Å². The Labute approximate surface area is 103 Å². The van der Waals surface area contributed by atoms with E-state index in [0.29, 0.717) is 6.42 Å². The number of rotatable bonds is 3. The van der Waals surface area contributed by atoms with Crippen molar-refractivity contribution in [1.82, 2.24) is 0 Å². The Bertz CT molecular complexity index is 459. The van der Waals surface area contributed by atoms with Crippen molar-refractivity contribution in [2.45, 2.75) is 39.5 Å². The molecule has 0 aromatic rings. The molecule has 96 valence electrons. The van der Waals surface area contributed by atoms with Crippen LogP contribution in [-0.4, -0.2) is 26.2 Å². The van der Waals surface area contributed by atoms with E-state index in [4.69, 9.17) is 0 Å². The summed E-state index contributed by atoms with van der Waals surface area (Å²) in [6.07, 6.45) is 3.33. The number of carbonyl (C=O) groups is 1. The molecule has 1 atom stereocenters. The molecule has 0 N–H and O–H groups in total. The number of hydrogen-bond acceptors (Lipinski definition) is 4. The maximum Gasteiger partial charge on any atom is 0.158 e. The molecule has 1 unspecified atom stereocenters. The first-order chi connectivity index (χ1) is 7.63. The molecule has 0 radical (unpaired) electrons. The van der Waals surface area contributed by atoms with Crippen LogP contribution in [0.15, 0.2) is 0 Å². The monoisotopic (exact) mass is 257 g/mol. The highest BCUT2D eigenvalue weighted by atomic mass is 32.2. The lowest BCUT2D eigenvalue weighted by molar-refractivity contribution is -0.138. The number of sulfone groups is 1. The van der Waals surface area contributed by atoms with Crippen molar-refractivity contribution in [3.63, 3.8) is 0 Å². The van der Waals surface area contributed by atoms with Crippen molar-refractivity contribution in [2.24, 2.45) is 10.8 Å². The van der Waals surface area contributed by atoms with Crippen LogP contribution in [0, 0.1) is 22.2 Å². The van der Waals surface area contributed by atoms with Gasteiger partial charge in [0.2, 0.25) is 0 Å². The van der Waals surface area contributed by atoms with E-state index in [0.717, 1.165) is 19.1 Å². The van der Waals surface area contributed by atoms with Crippen LogP contribution < -0.4 is 0 Å². The molecule has 0 saturated heterocycles. The molecule has 1 fully saturated rings. The van der Waals surface area contributed by atoms with E-state index >= 15 is 0 Å². The molecule has 0 aliphatic heterocycles. The van der Waals surface area contributed by atoms with Gasteiger partial charge in [0.15, 0.2) is 5.78 Å². The molecule has 1 rings (SSSR count). The molecule has 1 saturated carbocycles. The van der Waals surface area contributed by atoms with Gasteiger partial charge >= 0.3 is 0 Å². The molecule has 4 nitrogen and oxygen atoms in total. The lowest BCUT2D eigenvalue weighted by atomic mass is 9.62. The standard InChI is InChI=1S/C12H19NO3S/c1-11(2)5-4-6-12(9-13,10(11)14)7-8-17(3,15)16/h4-8H2,1-3H3. The Morgan fingerprint density at radius 2 is 1.94 bits per heavy atom. The molecule has 0 aromatic heterocycles. The zero-order chi connectivity index (χ0) is 13.3. The highest BCUT2D eigenvalue weighted by Crippen LogP contribution is 2.44. The van der Waals surface area contributed by atoms with Crippen molar-refractivity contribution >= 4 is 15.6 Å². The summed E-state index contributed by atoms with van der Waals surface area (Å²) in [6, 6.07) is 2.08. The molecule has 0 bridgehead atoms. The summed E-state index contributed by atoms with van der Waals surface area (Å²) in [5, 5.41) is 9.28. The molecule has 0 amide bonds. The van der Waals surface area contributed by atoms with E-state index in [1.165, 1.54) is 0 Å². The summed E-state index contributed by atoms with van der Waals surface area (Å²) in [4.78, 5) is 12.3. The average Bonchev–Trinajstić information content (AvgIpc) is 2.20. The Kier molecular flexibility index (Phi) is 3.68. The van der Waals surface area contributed by atoms with Gasteiger partial charge in [-0.05, 0) is 19.3 Å². The summed E-state index contributed by atoms with van der Waals surface area (Å²) in [5.41, 5.74) is -1.60. The third-order valence-electron chi connectivity index (χ3n) is 3.57. The number of Topliss-reactive ketones (excluding diaryl/α,β-unsaturated/α-hetero) is 1. The van der Waals surface area contributed by atoms with Gasteiger partial charge < -0.3 is 0 Å². The first-order valence-electron chi connectivity index (χ1n) is 5.77. The second-order valence-corrected chi connectivity index (χ2v) is 7.90. The fraction of sp³-hybridized carbons (Fsp3) is 0.833. The molecule has 1 aliphatic carbocycles. The predicted molar refractivity (Wildman–Crippen MR) is 65.0 cm³/mol. The molecule has 0 spiro atoms. The van der Waals surface area contributed by atoms with Gasteiger partial charge in [-0.2, -0.15) is 5.26 Å². The van der Waals surface area contributed by atoms with Crippen LogP contribution in [0.25, 0.3) is 0 Å². The van der Waals surface area contributed by atoms with Gasteiger partial charge in [0.1, 0.15) is 15.3 Å². The summed E-state index contributed by atoms with van der Waals surface area (Å²) in [6.45, 7) is 3.67. The van der Waals surface area contributed by atoms with E-state index in [1.807, 2.05) is 13.8 Å². The number of nitrogens with zero attached hydrogens (tertiary/aromatic N) is 1. The lowest BCUT2D eigenvalue weighted by Gasteiger charge is -2.38. The average molecular weight is 257 g/mol. The summed E-state index contributed by atoms with van der Waals surface area (Å²) >= 11 is 0. The largest absolute Gasteiger partial charge is 0.297 e. The Morgan fingerprint density at radius 1 is 1.35 bits per heavy atom. The van der Waals surface area contributed by atoms with E-state index in [9.17, 15) is 18.5 Å². The molecule has 5 heteroatoms. The van der Waals surface area contributed by atoms with Crippen molar-refractivity contribution in [2.75, 3.05) is 12.0 Å². The first kappa shape index (κ1) is 14.2. The van der Waals surface area contributed by atoms with Crippen LogP contribution >= 0.6 is 0 Å². The first-order valence-corrected chi connectivity index (χ1v) is 7.83. The SMILES string of the molecule is CC1(C)CCCC(C#N)(CCS(C)(=O)=O)C1=O. The topological polar surface area (TPSA) is 75.0 Å². The Hall–Kier alpha value is -0.890. The van der Waals surface area contributed by atoms with Crippen LogP contribution in [0.3, 0.4) is 0 Å². The second kappa shape index (κ2) is 4.41. The quantitative estimate of drug-likeness (QED) is 0.771. The van der Waals surface area contributed by atoms with Crippen molar-refractivity contribution < 1.29 is 13.2 Å². The number of ketones is 1.